The van der Waals surface area contributed by atoms with E-state index in [1.807, 2.05) is 47.2 Å². The lowest BCUT2D eigenvalue weighted by atomic mass is 9.99. The summed E-state index contributed by atoms with van der Waals surface area (Å²) in [5.74, 6) is 1.56. The van der Waals surface area contributed by atoms with Gasteiger partial charge in [0.15, 0.2) is 0 Å². The van der Waals surface area contributed by atoms with E-state index in [1.165, 1.54) is 0 Å². The van der Waals surface area contributed by atoms with E-state index in [2.05, 4.69) is 10.3 Å². The molecule has 0 aliphatic carbocycles. The minimum absolute atomic E-state index is 0.0217. The van der Waals surface area contributed by atoms with Crippen LogP contribution in [0.15, 0.2) is 48.8 Å². The standard InChI is InChI=1S/C21H21N3O3/c1-26-13-16-11-15(4-6-19(16)27-2)20-22-9-10-24(20)17-5-3-14-7-8-23-21(25)18(14)12-17/h3-6,9-12H,7-8,13H2,1-2H3,(H,23,25). The van der Waals surface area contributed by atoms with Crippen LogP contribution in [-0.2, 0) is 17.8 Å². The van der Waals surface area contributed by atoms with Crippen molar-refractivity contribution in [2.75, 3.05) is 20.8 Å². The number of ether oxygens (including phenoxy) is 2. The Balaban J connectivity index is 1.77. The van der Waals surface area contributed by atoms with Crippen LogP contribution in [0.4, 0.5) is 0 Å². The molecule has 6 nitrogen and oxygen atoms in total. The first kappa shape index (κ1) is 17.3. The Bertz CT molecular complexity index is 994. The molecule has 0 radical (unpaired) electrons. The second-order valence-corrected chi connectivity index (χ2v) is 6.43. The van der Waals surface area contributed by atoms with Crippen molar-refractivity contribution in [3.05, 3.63) is 65.5 Å². The fourth-order valence-electron chi connectivity index (χ4n) is 3.46. The second-order valence-electron chi connectivity index (χ2n) is 6.43. The normalized spacial score (nSPS) is 13.2. The van der Waals surface area contributed by atoms with Gasteiger partial charge in [0.2, 0.25) is 0 Å². The Morgan fingerprint density at radius 1 is 1.19 bits per heavy atom. The van der Waals surface area contributed by atoms with Crippen LogP contribution < -0.4 is 10.1 Å². The molecule has 0 saturated heterocycles. The number of fused-ring (bicyclic) bond motifs is 1. The van der Waals surface area contributed by atoms with E-state index < -0.39 is 0 Å². The molecule has 1 aliphatic heterocycles. The number of carbonyl (C=O) groups excluding carboxylic acids is 1. The highest BCUT2D eigenvalue weighted by Gasteiger charge is 2.18. The van der Waals surface area contributed by atoms with Gasteiger partial charge in [-0.3, -0.25) is 9.36 Å². The molecular formula is C21H21N3O3. The van der Waals surface area contributed by atoms with Crippen molar-refractivity contribution in [3.8, 4) is 22.8 Å². The van der Waals surface area contributed by atoms with Crippen LogP contribution in [0.5, 0.6) is 5.75 Å². The van der Waals surface area contributed by atoms with E-state index in [1.54, 1.807) is 20.4 Å². The number of benzene rings is 2. The van der Waals surface area contributed by atoms with Crippen LogP contribution in [0.2, 0.25) is 0 Å². The van der Waals surface area contributed by atoms with Gasteiger partial charge in [0.25, 0.3) is 5.91 Å². The van der Waals surface area contributed by atoms with Gasteiger partial charge in [0, 0.05) is 48.4 Å². The van der Waals surface area contributed by atoms with Gasteiger partial charge in [-0.2, -0.15) is 0 Å². The lowest BCUT2D eigenvalue weighted by molar-refractivity contribution is 0.0946. The molecule has 0 spiro atoms. The molecule has 4 rings (SSSR count). The number of imidazole rings is 1. The molecule has 0 unspecified atom stereocenters. The van der Waals surface area contributed by atoms with Crippen molar-refractivity contribution in [1.29, 1.82) is 0 Å². The number of hydrogen-bond donors (Lipinski definition) is 1. The SMILES string of the molecule is COCc1cc(-c2nccn2-c2ccc3c(c2)C(=O)NCC3)ccc1OC. The number of nitrogens with zero attached hydrogens (tertiary/aromatic N) is 2. The van der Waals surface area contributed by atoms with Crippen molar-refractivity contribution in [3.63, 3.8) is 0 Å². The predicted octanol–water partition coefficient (Wildman–Crippen LogP) is 2.98. The molecule has 1 aliphatic rings. The van der Waals surface area contributed by atoms with Crippen LogP contribution in [-0.4, -0.2) is 36.2 Å². The largest absolute Gasteiger partial charge is 0.496 e. The van der Waals surface area contributed by atoms with Gasteiger partial charge in [0.05, 0.1) is 13.7 Å². The minimum Gasteiger partial charge on any atom is -0.496 e. The number of amides is 1. The van der Waals surface area contributed by atoms with Gasteiger partial charge in [-0.05, 0) is 42.3 Å². The zero-order valence-corrected chi connectivity index (χ0v) is 15.4. The summed E-state index contributed by atoms with van der Waals surface area (Å²) in [6.45, 7) is 1.15. The average Bonchev–Trinajstić information content (AvgIpc) is 3.18. The molecule has 0 atom stereocenters. The van der Waals surface area contributed by atoms with E-state index in [-0.39, 0.29) is 5.91 Å². The minimum atomic E-state index is -0.0217. The summed E-state index contributed by atoms with van der Waals surface area (Å²) in [5, 5.41) is 2.90. The maximum Gasteiger partial charge on any atom is 0.251 e. The third kappa shape index (κ3) is 3.19. The Kier molecular flexibility index (Phi) is 4.64. The molecular weight excluding hydrogens is 342 g/mol. The Hall–Kier alpha value is -3.12. The zero-order chi connectivity index (χ0) is 18.8. The molecule has 27 heavy (non-hydrogen) atoms. The Morgan fingerprint density at radius 2 is 2.07 bits per heavy atom. The van der Waals surface area contributed by atoms with Gasteiger partial charge in [0.1, 0.15) is 11.6 Å². The number of aromatic nitrogens is 2. The summed E-state index contributed by atoms with van der Waals surface area (Å²) in [6.07, 6.45) is 4.52. The molecule has 1 aromatic heterocycles. The van der Waals surface area contributed by atoms with Crippen molar-refractivity contribution >= 4 is 5.91 Å². The summed E-state index contributed by atoms with van der Waals surface area (Å²) in [7, 11) is 3.30. The van der Waals surface area contributed by atoms with E-state index in [0.717, 1.165) is 45.9 Å². The predicted molar refractivity (Wildman–Crippen MR) is 102 cm³/mol. The summed E-state index contributed by atoms with van der Waals surface area (Å²) >= 11 is 0. The number of hydrogen-bond acceptors (Lipinski definition) is 4. The van der Waals surface area contributed by atoms with Gasteiger partial charge in [-0.15, -0.1) is 0 Å². The molecule has 1 amide bonds. The molecule has 2 aromatic carbocycles. The molecule has 138 valence electrons. The van der Waals surface area contributed by atoms with Crippen LogP contribution in [0, 0.1) is 0 Å². The van der Waals surface area contributed by atoms with Gasteiger partial charge in [-0.1, -0.05) is 6.07 Å². The third-order valence-corrected chi connectivity index (χ3v) is 4.78. The highest BCUT2D eigenvalue weighted by molar-refractivity contribution is 5.97. The summed E-state index contributed by atoms with van der Waals surface area (Å²) in [4.78, 5) is 16.7. The first-order valence-corrected chi connectivity index (χ1v) is 8.82. The van der Waals surface area contributed by atoms with Crippen LogP contribution in [0.3, 0.4) is 0 Å². The highest BCUT2D eigenvalue weighted by Crippen LogP contribution is 2.28. The van der Waals surface area contributed by atoms with Crippen LogP contribution in [0.1, 0.15) is 21.5 Å². The zero-order valence-electron chi connectivity index (χ0n) is 15.4. The maximum absolute atomic E-state index is 12.2. The molecule has 2 heterocycles. The first-order chi connectivity index (χ1) is 13.2. The quantitative estimate of drug-likeness (QED) is 0.757. The monoisotopic (exact) mass is 363 g/mol. The molecule has 0 bridgehead atoms. The number of rotatable bonds is 5. The molecule has 1 N–H and O–H groups in total. The molecule has 3 aromatic rings. The molecule has 0 saturated carbocycles. The van der Waals surface area contributed by atoms with E-state index >= 15 is 0 Å². The van der Waals surface area contributed by atoms with Crippen molar-refractivity contribution in [2.24, 2.45) is 0 Å². The summed E-state index contributed by atoms with van der Waals surface area (Å²) in [6, 6.07) is 11.9. The van der Waals surface area contributed by atoms with Gasteiger partial charge < -0.3 is 14.8 Å². The topological polar surface area (TPSA) is 65.4 Å². The van der Waals surface area contributed by atoms with Crippen molar-refractivity contribution in [1.82, 2.24) is 14.9 Å². The second kappa shape index (κ2) is 7.25. The lowest BCUT2D eigenvalue weighted by Crippen LogP contribution is -2.31. The Morgan fingerprint density at radius 3 is 2.89 bits per heavy atom. The lowest BCUT2D eigenvalue weighted by Gasteiger charge is -2.18. The molecule has 0 fully saturated rings. The highest BCUT2D eigenvalue weighted by atomic mass is 16.5. The summed E-state index contributed by atoms with van der Waals surface area (Å²) in [5.41, 5.74) is 4.62. The maximum atomic E-state index is 12.2. The third-order valence-electron chi connectivity index (χ3n) is 4.78. The van der Waals surface area contributed by atoms with Crippen molar-refractivity contribution < 1.29 is 14.3 Å². The number of carbonyl (C=O) groups is 1. The van der Waals surface area contributed by atoms with Gasteiger partial charge >= 0.3 is 0 Å². The smallest absolute Gasteiger partial charge is 0.251 e. The van der Waals surface area contributed by atoms with E-state index in [4.69, 9.17) is 9.47 Å². The van der Waals surface area contributed by atoms with Crippen LogP contribution >= 0.6 is 0 Å². The Labute approximate surface area is 157 Å². The number of nitrogens with one attached hydrogen (secondary N) is 1. The van der Waals surface area contributed by atoms with Crippen LogP contribution in [0.25, 0.3) is 17.1 Å². The molecule has 6 heteroatoms. The average molecular weight is 363 g/mol. The number of methoxy groups -OCH3 is 2. The van der Waals surface area contributed by atoms with Crippen molar-refractivity contribution in [2.45, 2.75) is 13.0 Å². The fraction of sp³-hybridized carbons (Fsp3) is 0.238. The van der Waals surface area contributed by atoms with Gasteiger partial charge in [-0.25, -0.2) is 4.98 Å². The first-order valence-electron chi connectivity index (χ1n) is 8.82. The van der Waals surface area contributed by atoms with E-state index in [0.29, 0.717) is 13.2 Å². The van der Waals surface area contributed by atoms with E-state index in [9.17, 15) is 4.79 Å². The summed E-state index contributed by atoms with van der Waals surface area (Å²) < 4.78 is 12.7. The fourth-order valence-corrected chi connectivity index (χ4v) is 3.46.